The summed E-state index contributed by atoms with van der Waals surface area (Å²) in [4.78, 5) is 13.4. The van der Waals surface area contributed by atoms with Crippen molar-refractivity contribution in [3.63, 3.8) is 0 Å². The lowest BCUT2D eigenvalue weighted by molar-refractivity contribution is -0.124. The first-order valence-corrected chi connectivity index (χ1v) is 7.61. The molecule has 5 heteroatoms. The topological polar surface area (TPSA) is 61.8 Å². The van der Waals surface area contributed by atoms with Crippen LogP contribution in [-0.2, 0) is 4.79 Å². The molecule has 124 valence electrons. The van der Waals surface area contributed by atoms with E-state index in [1.165, 1.54) is 0 Å². The van der Waals surface area contributed by atoms with Crippen molar-refractivity contribution in [2.75, 3.05) is 33.8 Å². The molecule has 22 heavy (non-hydrogen) atoms. The summed E-state index contributed by atoms with van der Waals surface area (Å²) in [6.45, 7) is 7.17. The maximum Gasteiger partial charge on any atom is 0.223 e. The van der Waals surface area contributed by atoms with Gasteiger partial charge in [0.15, 0.2) is 0 Å². The standard InChI is InChI=1S/C17H28N2O3/c1-12-6-7-13(2)16(8-12)22-11-15(20)10-19(5)9-14(3)17(21)18-4/h6-8,14-15,20H,9-11H2,1-5H3,(H,18,21). The predicted octanol–water partition coefficient (Wildman–Crippen LogP) is 1.36. The number of nitrogens with zero attached hydrogens (tertiary/aromatic N) is 1. The van der Waals surface area contributed by atoms with Gasteiger partial charge in [0.05, 0.1) is 0 Å². The fourth-order valence-electron chi connectivity index (χ4n) is 2.33. The molecule has 1 aromatic carbocycles. The maximum absolute atomic E-state index is 11.5. The van der Waals surface area contributed by atoms with E-state index in [4.69, 9.17) is 4.74 Å². The van der Waals surface area contributed by atoms with Gasteiger partial charge in [0.2, 0.25) is 5.91 Å². The van der Waals surface area contributed by atoms with Crippen molar-refractivity contribution >= 4 is 5.91 Å². The van der Waals surface area contributed by atoms with Crippen molar-refractivity contribution in [1.29, 1.82) is 0 Å². The molecule has 0 radical (unpaired) electrons. The van der Waals surface area contributed by atoms with Crippen LogP contribution in [0.15, 0.2) is 18.2 Å². The highest BCUT2D eigenvalue weighted by atomic mass is 16.5. The minimum Gasteiger partial charge on any atom is -0.491 e. The van der Waals surface area contributed by atoms with Crippen molar-refractivity contribution < 1.29 is 14.6 Å². The van der Waals surface area contributed by atoms with E-state index in [2.05, 4.69) is 5.32 Å². The molecule has 0 saturated heterocycles. The first-order valence-electron chi connectivity index (χ1n) is 7.61. The van der Waals surface area contributed by atoms with E-state index in [0.717, 1.165) is 16.9 Å². The Morgan fingerprint density at radius 2 is 2.05 bits per heavy atom. The summed E-state index contributed by atoms with van der Waals surface area (Å²) in [5.41, 5.74) is 2.19. The fourth-order valence-corrected chi connectivity index (χ4v) is 2.33. The molecule has 1 rings (SSSR count). The smallest absolute Gasteiger partial charge is 0.223 e. The van der Waals surface area contributed by atoms with Gasteiger partial charge in [-0.15, -0.1) is 0 Å². The van der Waals surface area contributed by atoms with Crippen LogP contribution in [0.5, 0.6) is 5.75 Å². The van der Waals surface area contributed by atoms with E-state index in [0.29, 0.717) is 13.1 Å². The van der Waals surface area contributed by atoms with Crippen LogP contribution < -0.4 is 10.1 Å². The van der Waals surface area contributed by atoms with Gasteiger partial charge in [0.1, 0.15) is 18.5 Å². The van der Waals surface area contributed by atoms with Gasteiger partial charge in [-0.25, -0.2) is 0 Å². The first kappa shape index (κ1) is 18.5. The third-order valence-corrected chi connectivity index (χ3v) is 3.58. The summed E-state index contributed by atoms with van der Waals surface area (Å²) in [6.07, 6.45) is -0.596. The van der Waals surface area contributed by atoms with Crippen LogP contribution in [0.2, 0.25) is 0 Å². The van der Waals surface area contributed by atoms with E-state index in [9.17, 15) is 9.90 Å². The van der Waals surface area contributed by atoms with Gasteiger partial charge in [-0.05, 0) is 38.1 Å². The molecular formula is C17H28N2O3. The molecule has 0 aromatic heterocycles. The van der Waals surface area contributed by atoms with Crippen LogP contribution in [0.25, 0.3) is 0 Å². The Balaban J connectivity index is 2.41. The largest absolute Gasteiger partial charge is 0.491 e. The van der Waals surface area contributed by atoms with Crippen molar-refractivity contribution in [1.82, 2.24) is 10.2 Å². The Kier molecular flexibility index (Phi) is 7.35. The Bertz CT molecular complexity index is 491. The minimum absolute atomic E-state index is 0.00738. The van der Waals surface area contributed by atoms with E-state index < -0.39 is 6.10 Å². The molecule has 0 fully saturated rings. The second kappa shape index (κ2) is 8.76. The van der Waals surface area contributed by atoms with Crippen molar-refractivity contribution in [3.05, 3.63) is 29.3 Å². The zero-order chi connectivity index (χ0) is 16.7. The SMILES string of the molecule is CNC(=O)C(C)CN(C)CC(O)COc1cc(C)ccc1C. The summed E-state index contributed by atoms with van der Waals surface area (Å²) in [7, 11) is 3.52. The van der Waals surface area contributed by atoms with E-state index in [1.54, 1.807) is 7.05 Å². The van der Waals surface area contributed by atoms with E-state index in [-0.39, 0.29) is 18.4 Å². The Labute approximate surface area is 133 Å². The number of carbonyl (C=O) groups is 1. The monoisotopic (exact) mass is 308 g/mol. The molecule has 0 bridgehead atoms. The predicted molar refractivity (Wildman–Crippen MR) is 88.1 cm³/mol. The molecule has 2 unspecified atom stereocenters. The summed E-state index contributed by atoms with van der Waals surface area (Å²) in [5, 5.41) is 12.7. The summed E-state index contributed by atoms with van der Waals surface area (Å²) in [5.74, 6) is 0.704. The van der Waals surface area contributed by atoms with Crippen molar-refractivity contribution in [2.24, 2.45) is 5.92 Å². The number of hydrogen-bond acceptors (Lipinski definition) is 4. The number of aliphatic hydroxyl groups excluding tert-OH is 1. The molecule has 2 atom stereocenters. The quantitative estimate of drug-likeness (QED) is 0.761. The molecule has 0 spiro atoms. The summed E-state index contributed by atoms with van der Waals surface area (Å²) in [6, 6.07) is 6.01. The lowest BCUT2D eigenvalue weighted by Gasteiger charge is -2.23. The third-order valence-electron chi connectivity index (χ3n) is 3.58. The van der Waals surface area contributed by atoms with Crippen molar-refractivity contribution in [3.8, 4) is 5.75 Å². The Morgan fingerprint density at radius 1 is 1.36 bits per heavy atom. The maximum atomic E-state index is 11.5. The Morgan fingerprint density at radius 3 is 2.68 bits per heavy atom. The van der Waals surface area contributed by atoms with Gasteiger partial charge < -0.3 is 20.1 Å². The van der Waals surface area contributed by atoms with Gasteiger partial charge >= 0.3 is 0 Å². The van der Waals surface area contributed by atoms with Gasteiger partial charge in [0.25, 0.3) is 0 Å². The lowest BCUT2D eigenvalue weighted by atomic mass is 10.1. The highest BCUT2D eigenvalue weighted by Crippen LogP contribution is 2.19. The molecule has 0 aliphatic heterocycles. The van der Waals surface area contributed by atoms with E-state index in [1.807, 2.05) is 50.9 Å². The van der Waals surface area contributed by atoms with Crippen LogP contribution in [0, 0.1) is 19.8 Å². The molecule has 5 nitrogen and oxygen atoms in total. The number of benzene rings is 1. The third kappa shape index (κ3) is 6.03. The van der Waals surface area contributed by atoms with Gasteiger partial charge in [-0.3, -0.25) is 4.79 Å². The number of ether oxygens (including phenoxy) is 1. The number of aliphatic hydroxyl groups is 1. The highest BCUT2D eigenvalue weighted by molar-refractivity contribution is 5.78. The average molecular weight is 308 g/mol. The second-order valence-electron chi connectivity index (χ2n) is 5.97. The Hall–Kier alpha value is -1.59. The second-order valence-corrected chi connectivity index (χ2v) is 5.97. The summed E-state index contributed by atoms with van der Waals surface area (Å²) < 4.78 is 5.70. The normalized spacial score (nSPS) is 13.8. The molecule has 1 aromatic rings. The van der Waals surface area contributed by atoms with Gasteiger partial charge in [-0.1, -0.05) is 19.1 Å². The molecule has 1 amide bonds. The molecule has 0 aliphatic rings. The highest BCUT2D eigenvalue weighted by Gasteiger charge is 2.16. The molecular weight excluding hydrogens is 280 g/mol. The number of carbonyl (C=O) groups excluding carboxylic acids is 1. The average Bonchev–Trinajstić information content (AvgIpc) is 2.47. The zero-order valence-electron chi connectivity index (χ0n) is 14.2. The van der Waals surface area contributed by atoms with Crippen LogP contribution in [0.1, 0.15) is 18.1 Å². The molecule has 0 heterocycles. The first-order chi connectivity index (χ1) is 10.3. The molecule has 0 aliphatic carbocycles. The molecule has 0 saturated carbocycles. The van der Waals surface area contributed by atoms with Crippen LogP contribution in [-0.4, -0.2) is 55.8 Å². The van der Waals surface area contributed by atoms with Gasteiger partial charge in [0, 0.05) is 26.1 Å². The minimum atomic E-state index is -0.596. The summed E-state index contributed by atoms with van der Waals surface area (Å²) >= 11 is 0. The molecule has 2 N–H and O–H groups in total. The van der Waals surface area contributed by atoms with Crippen LogP contribution in [0.4, 0.5) is 0 Å². The van der Waals surface area contributed by atoms with Gasteiger partial charge in [-0.2, -0.15) is 0 Å². The van der Waals surface area contributed by atoms with E-state index >= 15 is 0 Å². The number of rotatable bonds is 8. The van der Waals surface area contributed by atoms with Crippen LogP contribution in [0.3, 0.4) is 0 Å². The fraction of sp³-hybridized carbons (Fsp3) is 0.588. The number of amides is 1. The van der Waals surface area contributed by atoms with Crippen LogP contribution >= 0.6 is 0 Å². The zero-order valence-corrected chi connectivity index (χ0v) is 14.2. The number of nitrogens with one attached hydrogen (secondary N) is 1. The lowest BCUT2D eigenvalue weighted by Crippen LogP contribution is -2.39. The number of aryl methyl sites for hydroxylation is 2. The number of hydrogen-bond donors (Lipinski definition) is 2. The number of likely N-dealkylation sites (N-methyl/N-ethyl adjacent to an activating group) is 1. The van der Waals surface area contributed by atoms with Crippen molar-refractivity contribution in [2.45, 2.75) is 26.9 Å².